The molecule has 36 heavy (non-hydrogen) atoms. The minimum atomic E-state index is -5.08. The molecule has 10 nitrogen and oxygen atoms in total. The van der Waals surface area contributed by atoms with Crippen molar-refractivity contribution in [2.45, 2.75) is 26.2 Å². The maximum Gasteiger partial charge on any atom is 0.490 e. The first-order chi connectivity index (χ1) is 17.2. The fourth-order valence-corrected chi connectivity index (χ4v) is 3.51. The number of benzene rings is 1. The lowest BCUT2D eigenvalue weighted by Crippen LogP contribution is -2.44. The molecule has 0 unspecified atom stereocenters. The van der Waals surface area contributed by atoms with E-state index in [1.54, 1.807) is 31.3 Å². The van der Waals surface area contributed by atoms with E-state index in [0.29, 0.717) is 23.1 Å². The van der Waals surface area contributed by atoms with Gasteiger partial charge >= 0.3 is 12.1 Å². The Kier molecular flexibility index (Phi) is 8.30. The summed E-state index contributed by atoms with van der Waals surface area (Å²) in [6.07, 6.45) is -3.45. The number of fused-ring (bicyclic) bond motifs is 1. The van der Waals surface area contributed by atoms with Gasteiger partial charge in [0.25, 0.3) is 5.56 Å². The third-order valence-corrected chi connectivity index (χ3v) is 5.18. The van der Waals surface area contributed by atoms with Crippen LogP contribution in [0.5, 0.6) is 0 Å². The van der Waals surface area contributed by atoms with Crippen molar-refractivity contribution in [3.05, 3.63) is 51.9 Å². The minimum absolute atomic E-state index is 0.211. The molecule has 4 rings (SSSR count). The van der Waals surface area contributed by atoms with E-state index in [2.05, 4.69) is 33.2 Å². The van der Waals surface area contributed by atoms with E-state index in [1.807, 2.05) is 10.6 Å². The van der Waals surface area contributed by atoms with Crippen molar-refractivity contribution < 1.29 is 23.1 Å². The molecule has 1 aliphatic rings. The van der Waals surface area contributed by atoms with Crippen LogP contribution in [-0.2, 0) is 17.9 Å². The van der Waals surface area contributed by atoms with Crippen molar-refractivity contribution in [3.8, 4) is 17.9 Å². The molecule has 0 bridgehead atoms. The first-order valence-electron chi connectivity index (χ1n) is 10.8. The number of hydrogen-bond acceptors (Lipinski definition) is 7. The topological polar surface area (TPSA) is 129 Å². The van der Waals surface area contributed by atoms with Crippen LogP contribution in [0.2, 0.25) is 0 Å². The van der Waals surface area contributed by atoms with Crippen LogP contribution in [0.25, 0.3) is 11.0 Å². The SMILES string of the molecule is CC#CCn1c(N2CCNCC2)nc2cnn(Cc3cccc(C#N)c3)c(=O)c21.O=C(O)C(F)(F)F. The van der Waals surface area contributed by atoms with E-state index in [4.69, 9.17) is 20.1 Å². The normalized spacial score (nSPS) is 13.2. The van der Waals surface area contributed by atoms with Crippen LogP contribution >= 0.6 is 0 Å². The fourth-order valence-electron chi connectivity index (χ4n) is 3.51. The minimum Gasteiger partial charge on any atom is -0.475 e. The molecule has 2 N–H and O–H groups in total. The molecule has 2 aromatic heterocycles. The van der Waals surface area contributed by atoms with Crippen molar-refractivity contribution >= 4 is 23.0 Å². The van der Waals surface area contributed by atoms with Gasteiger partial charge in [-0.1, -0.05) is 18.1 Å². The second-order valence-corrected chi connectivity index (χ2v) is 7.62. The molecule has 13 heteroatoms. The molecule has 3 heterocycles. The Hall–Kier alpha value is -4.36. The van der Waals surface area contributed by atoms with Crippen LogP contribution in [0.15, 0.2) is 35.3 Å². The van der Waals surface area contributed by atoms with Crippen LogP contribution in [0, 0.1) is 23.2 Å². The van der Waals surface area contributed by atoms with Crippen LogP contribution in [0.3, 0.4) is 0 Å². The first-order valence-corrected chi connectivity index (χ1v) is 10.8. The van der Waals surface area contributed by atoms with Crippen molar-refractivity contribution in [2.75, 3.05) is 31.1 Å². The average Bonchev–Trinajstić information content (AvgIpc) is 3.24. The molecule has 0 spiro atoms. The summed E-state index contributed by atoms with van der Waals surface area (Å²) in [5.41, 5.74) is 2.27. The predicted molar refractivity (Wildman–Crippen MR) is 124 cm³/mol. The predicted octanol–water partition coefficient (Wildman–Crippen LogP) is 1.58. The van der Waals surface area contributed by atoms with Gasteiger partial charge in [0.05, 0.1) is 30.9 Å². The number of imidazole rings is 1. The van der Waals surface area contributed by atoms with E-state index in [9.17, 15) is 18.0 Å². The molecule has 1 aromatic carbocycles. The Morgan fingerprint density at radius 3 is 2.58 bits per heavy atom. The number of carbonyl (C=O) groups is 1. The summed E-state index contributed by atoms with van der Waals surface area (Å²) in [5.74, 6) is 3.96. The molecule has 0 amide bonds. The van der Waals surface area contributed by atoms with Crippen LogP contribution in [-0.4, -0.2) is 62.8 Å². The van der Waals surface area contributed by atoms with Gasteiger partial charge in [0, 0.05) is 26.2 Å². The molecule has 0 aliphatic carbocycles. The summed E-state index contributed by atoms with van der Waals surface area (Å²) in [6.45, 7) is 5.87. The summed E-state index contributed by atoms with van der Waals surface area (Å²) in [4.78, 5) is 29.0. The monoisotopic (exact) mass is 501 g/mol. The lowest BCUT2D eigenvalue weighted by atomic mass is 10.1. The van der Waals surface area contributed by atoms with E-state index in [0.717, 1.165) is 37.7 Å². The number of rotatable bonds is 4. The van der Waals surface area contributed by atoms with Gasteiger partial charge in [0.15, 0.2) is 0 Å². The van der Waals surface area contributed by atoms with Gasteiger partial charge < -0.3 is 15.3 Å². The second-order valence-electron chi connectivity index (χ2n) is 7.62. The number of carboxylic acids is 1. The standard InChI is InChI=1S/C21H21N7O.C2HF3O2/c1-2-3-9-27-19-18(25-21(27)26-10-7-23-8-11-26)14-24-28(20(19)29)15-17-6-4-5-16(12-17)13-22;3-2(4,5)1(6)7/h4-6,12,14,23H,7-11,15H2,1H3;(H,6,7). The molecule has 188 valence electrons. The summed E-state index contributed by atoms with van der Waals surface area (Å²) < 4.78 is 35.0. The molecular weight excluding hydrogens is 479 g/mol. The van der Waals surface area contributed by atoms with Crippen molar-refractivity contribution in [1.29, 1.82) is 5.26 Å². The largest absolute Gasteiger partial charge is 0.490 e. The van der Waals surface area contributed by atoms with Crippen LogP contribution in [0.4, 0.5) is 19.1 Å². The first kappa shape index (κ1) is 26.2. The number of hydrogen-bond donors (Lipinski definition) is 2. The van der Waals surface area contributed by atoms with Crippen LogP contribution < -0.4 is 15.8 Å². The highest BCUT2D eigenvalue weighted by atomic mass is 19.4. The van der Waals surface area contributed by atoms with Crippen LogP contribution in [0.1, 0.15) is 18.1 Å². The molecule has 0 saturated carbocycles. The van der Waals surface area contributed by atoms with Crippen molar-refractivity contribution in [3.63, 3.8) is 0 Å². The Labute approximate surface area is 203 Å². The molecule has 1 saturated heterocycles. The Morgan fingerprint density at radius 2 is 1.97 bits per heavy atom. The number of anilines is 1. The van der Waals surface area contributed by atoms with Gasteiger partial charge in [0.2, 0.25) is 5.95 Å². The Morgan fingerprint density at radius 1 is 1.28 bits per heavy atom. The quantitative estimate of drug-likeness (QED) is 0.516. The van der Waals surface area contributed by atoms with Gasteiger partial charge in [-0.15, -0.1) is 5.92 Å². The number of aliphatic carboxylic acids is 1. The molecule has 1 fully saturated rings. The summed E-state index contributed by atoms with van der Waals surface area (Å²) in [5, 5.41) is 23.9. The van der Waals surface area contributed by atoms with Gasteiger partial charge in [-0.2, -0.15) is 23.5 Å². The molecule has 3 aromatic rings. The molecule has 0 atom stereocenters. The highest BCUT2D eigenvalue weighted by Crippen LogP contribution is 2.20. The highest BCUT2D eigenvalue weighted by molar-refractivity contribution is 5.77. The molecule has 0 radical (unpaired) electrons. The number of carboxylic acid groups (broad SMARTS) is 1. The molecular formula is C23H22F3N7O3. The number of alkyl halides is 3. The summed E-state index contributed by atoms with van der Waals surface area (Å²) >= 11 is 0. The van der Waals surface area contributed by atoms with E-state index >= 15 is 0 Å². The van der Waals surface area contributed by atoms with Gasteiger partial charge in [0.1, 0.15) is 11.0 Å². The second kappa shape index (κ2) is 11.4. The van der Waals surface area contributed by atoms with E-state index in [1.165, 1.54) is 4.68 Å². The molecule has 1 aliphatic heterocycles. The van der Waals surface area contributed by atoms with Crippen molar-refractivity contribution in [1.82, 2.24) is 24.6 Å². The zero-order chi connectivity index (χ0) is 26.3. The summed E-state index contributed by atoms with van der Waals surface area (Å²) in [6, 6.07) is 9.31. The van der Waals surface area contributed by atoms with Gasteiger partial charge in [-0.05, 0) is 24.6 Å². The number of piperazine rings is 1. The number of nitrogens with zero attached hydrogens (tertiary/aromatic N) is 6. The Bertz CT molecular complexity index is 1400. The van der Waals surface area contributed by atoms with E-state index < -0.39 is 12.1 Å². The average molecular weight is 501 g/mol. The zero-order valence-electron chi connectivity index (χ0n) is 19.2. The van der Waals surface area contributed by atoms with Gasteiger partial charge in [-0.3, -0.25) is 9.36 Å². The maximum absolute atomic E-state index is 13.3. The lowest BCUT2D eigenvalue weighted by Gasteiger charge is -2.28. The summed E-state index contributed by atoms with van der Waals surface area (Å²) in [7, 11) is 0. The smallest absolute Gasteiger partial charge is 0.475 e. The number of halogens is 3. The highest BCUT2D eigenvalue weighted by Gasteiger charge is 2.38. The number of nitrogens with one attached hydrogen (secondary N) is 1. The third-order valence-electron chi connectivity index (χ3n) is 5.18. The third kappa shape index (κ3) is 6.20. The number of nitriles is 1. The maximum atomic E-state index is 13.3. The zero-order valence-corrected chi connectivity index (χ0v) is 19.2. The van der Waals surface area contributed by atoms with E-state index in [-0.39, 0.29) is 12.1 Å². The number of aromatic nitrogens is 4. The lowest BCUT2D eigenvalue weighted by molar-refractivity contribution is -0.192. The van der Waals surface area contributed by atoms with Gasteiger partial charge in [-0.25, -0.2) is 14.5 Å². The van der Waals surface area contributed by atoms with Crippen molar-refractivity contribution in [2.24, 2.45) is 0 Å². The fraction of sp³-hybridized carbons (Fsp3) is 0.348. The Balaban J connectivity index is 0.000000454.